The van der Waals surface area contributed by atoms with E-state index in [1.807, 2.05) is 24.3 Å². The molecule has 0 aromatic heterocycles. The lowest BCUT2D eigenvalue weighted by Crippen LogP contribution is -2.48. The fourth-order valence-electron chi connectivity index (χ4n) is 8.73. The molecule has 0 spiro atoms. The maximum Gasteiger partial charge on any atom is 0.271 e. The van der Waals surface area contributed by atoms with Gasteiger partial charge in [0.2, 0.25) is 23.6 Å². The van der Waals surface area contributed by atoms with Crippen molar-refractivity contribution in [2.75, 3.05) is 9.80 Å². The van der Waals surface area contributed by atoms with Crippen molar-refractivity contribution in [1.82, 2.24) is 0 Å². The van der Waals surface area contributed by atoms with E-state index in [0.29, 0.717) is 16.5 Å². The normalized spacial score (nSPS) is 27.7. The number of carbonyl (C=O) groups is 4. The summed E-state index contributed by atoms with van der Waals surface area (Å²) in [6, 6.07) is 19.7. The van der Waals surface area contributed by atoms with Crippen LogP contribution in [-0.2, 0) is 19.2 Å². The predicted octanol–water partition coefficient (Wildman–Crippen LogP) is 6.68. The van der Waals surface area contributed by atoms with Gasteiger partial charge in [0.05, 0.1) is 44.5 Å². The summed E-state index contributed by atoms with van der Waals surface area (Å²) in [5, 5.41) is 24.3. The zero-order valence-corrected chi connectivity index (χ0v) is 26.6. The molecule has 2 saturated heterocycles. The summed E-state index contributed by atoms with van der Waals surface area (Å²) in [6.07, 6.45) is 2.05. The third-order valence-corrected chi connectivity index (χ3v) is 11.3. The first-order valence-corrected chi connectivity index (χ1v) is 16.2. The molecule has 49 heavy (non-hydrogen) atoms. The molecule has 10 nitrogen and oxygen atoms in total. The van der Waals surface area contributed by atoms with E-state index in [1.54, 1.807) is 25.1 Å². The highest BCUT2D eigenvalue weighted by Crippen LogP contribution is 2.65. The number of nitrogens with zero attached hydrogens (tertiary/aromatic N) is 3. The van der Waals surface area contributed by atoms with Gasteiger partial charge in [0.1, 0.15) is 11.6 Å². The number of nitro benzene ring substituents is 1. The molecule has 3 fully saturated rings. The van der Waals surface area contributed by atoms with Gasteiger partial charge in [-0.2, -0.15) is 0 Å². The van der Waals surface area contributed by atoms with Gasteiger partial charge in [-0.05, 0) is 55.3 Å². The predicted molar refractivity (Wildman–Crippen MR) is 177 cm³/mol. The topological polar surface area (TPSA) is 138 Å². The van der Waals surface area contributed by atoms with Crippen LogP contribution in [0.5, 0.6) is 5.75 Å². The van der Waals surface area contributed by atoms with Crippen molar-refractivity contribution in [1.29, 1.82) is 0 Å². The molecule has 8 rings (SSSR count). The molecule has 2 aliphatic heterocycles. The molecule has 6 atom stereocenters. The number of phenolic OH excluding ortho intramolecular Hbond substituents is 1. The standard InChI is InChI=1S/C37H27ClFN3O7/c1-37-27(34(45)41(36(37)47)20-10-14-29(39)28(38)16-20)17-26-23(31(37)25-11-9-18-5-2-3-8-22(18)32(25)43)12-13-24-30(26)35(46)40(33(24)44)19-6-4-7-21(15-19)42(48)49/h2-12,14-16,24,26-27,30-31,43H,13,17H2,1H3/t24-,26+,27-,30-,31+,37+/m0/s1. The van der Waals surface area contributed by atoms with Crippen LogP contribution < -0.4 is 9.80 Å². The second-order valence-electron chi connectivity index (χ2n) is 13.3. The number of anilines is 2. The number of phenols is 1. The number of hydrogen-bond acceptors (Lipinski definition) is 7. The first kappa shape index (κ1) is 30.9. The molecule has 2 heterocycles. The van der Waals surface area contributed by atoms with Gasteiger partial charge in [-0.3, -0.25) is 29.3 Å². The lowest BCUT2D eigenvalue weighted by Gasteiger charge is -2.49. The van der Waals surface area contributed by atoms with E-state index >= 15 is 0 Å². The Morgan fingerprint density at radius 1 is 0.898 bits per heavy atom. The summed E-state index contributed by atoms with van der Waals surface area (Å²) < 4.78 is 14.2. The van der Waals surface area contributed by atoms with Gasteiger partial charge in [-0.15, -0.1) is 0 Å². The summed E-state index contributed by atoms with van der Waals surface area (Å²) in [7, 11) is 0. The summed E-state index contributed by atoms with van der Waals surface area (Å²) in [5.41, 5.74) is -0.490. The van der Waals surface area contributed by atoms with Crippen molar-refractivity contribution in [2.24, 2.45) is 29.1 Å². The molecular formula is C37H27ClFN3O7. The number of non-ortho nitro benzene ring substituents is 1. The lowest BCUT2D eigenvalue weighted by atomic mass is 9.51. The minimum Gasteiger partial charge on any atom is -0.507 e. The van der Waals surface area contributed by atoms with Gasteiger partial charge < -0.3 is 5.11 Å². The number of imide groups is 2. The van der Waals surface area contributed by atoms with Gasteiger partial charge in [0.15, 0.2) is 0 Å². The number of amides is 4. The Kier molecular flexibility index (Phi) is 6.80. The number of rotatable bonds is 4. The van der Waals surface area contributed by atoms with Gasteiger partial charge in [-0.25, -0.2) is 14.2 Å². The SMILES string of the molecule is C[C@@]12C(=O)N(c3ccc(F)c(Cl)c3)C(=O)[C@@H]1C[C@@H]1C(=CC[C@@H]3C(=O)N(c4cccc([N+](=O)[O-])c4)C(=O)[C@@H]31)[C@@H]2c1ccc2ccccc2c1O. The van der Waals surface area contributed by atoms with Crippen LogP contribution in [0.1, 0.15) is 31.2 Å². The molecule has 4 aromatic rings. The lowest BCUT2D eigenvalue weighted by molar-refractivity contribution is -0.384. The average Bonchev–Trinajstić information content (AvgIpc) is 3.46. The van der Waals surface area contributed by atoms with E-state index in [4.69, 9.17) is 11.6 Å². The smallest absolute Gasteiger partial charge is 0.271 e. The Bertz CT molecular complexity index is 2220. The van der Waals surface area contributed by atoms with E-state index in [0.717, 1.165) is 21.3 Å². The number of fused-ring (bicyclic) bond motifs is 5. The fourth-order valence-corrected chi connectivity index (χ4v) is 8.91. The minimum atomic E-state index is -1.45. The van der Waals surface area contributed by atoms with Crippen LogP contribution in [0.2, 0.25) is 5.02 Å². The maximum absolute atomic E-state index is 14.6. The third-order valence-electron chi connectivity index (χ3n) is 11.0. The summed E-state index contributed by atoms with van der Waals surface area (Å²) >= 11 is 6.08. The Hall–Kier alpha value is -5.42. The first-order chi connectivity index (χ1) is 23.4. The number of halogens is 2. The number of aromatic hydroxyl groups is 1. The molecule has 0 radical (unpaired) electrons. The van der Waals surface area contributed by atoms with E-state index < -0.39 is 69.4 Å². The first-order valence-electron chi connectivity index (χ1n) is 15.8. The summed E-state index contributed by atoms with van der Waals surface area (Å²) in [5.74, 6) is -7.21. The molecule has 1 N–H and O–H groups in total. The van der Waals surface area contributed by atoms with Gasteiger partial charge in [0.25, 0.3) is 5.69 Å². The zero-order valence-electron chi connectivity index (χ0n) is 25.9. The van der Waals surface area contributed by atoms with Crippen LogP contribution in [0.3, 0.4) is 0 Å². The second kappa shape index (κ2) is 10.8. The Morgan fingerprint density at radius 2 is 1.65 bits per heavy atom. The van der Waals surface area contributed by atoms with E-state index in [2.05, 4.69) is 0 Å². The van der Waals surface area contributed by atoms with Crippen LogP contribution in [-0.4, -0.2) is 33.7 Å². The number of carbonyl (C=O) groups excluding carboxylic acids is 4. The maximum atomic E-state index is 14.6. The van der Waals surface area contributed by atoms with E-state index in [1.165, 1.54) is 36.4 Å². The van der Waals surface area contributed by atoms with Crippen LogP contribution in [0, 0.1) is 45.0 Å². The zero-order chi connectivity index (χ0) is 34.5. The number of benzene rings is 4. The van der Waals surface area contributed by atoms with Gasteiger partial charge >= 0.3 is 0 Å². The van der Waals surface area contributed by atoms with Crippen LogP contribution in [0.15, 0.2) is 90.5 Å². The number of hydrogen-bond donors (Lipinski definition) is 1. The monoisotopic (exact) mass is 679 g/mol. The molecule has 2 aliphatic carbocycles. The highest BCUT2D eigenvalue weighted by atomic mass is 35.5. The Morgan fingerprint density at radius 3 is 2.41 bits per heavy atom. The minimum absolute atomic E-state index is 0.0478. The third kappa shape index (κ3) is 4.24. The Labute approximate surface area is 283 Å². The summed E-state index contributed by atoms with van der Waals surface area (Å²) in [6.45, 7) is 1.68. The molecule has 0 unspecified atom stereocenters. The van der Waals surface area contributed by atoms with Crippen molar-refractivity contribution in [2.45, 2.75) is 25.7 Å². The van der Waals surface area contributed by atoms with Gasteiger partial charge in [0, 0.05) is 29.0 Å². The highest BCUT2D eigenvalue weighted by Gasteiger charge is 2.68. The van der Waals surface area contributed by atoms with Crippen molar-refractivity contribution >= 4 is 63.1 Å². The molecular weight excluding hydrogens is 653 g/mol. The van der Waals surface area contributed by atoms with Crippen molar-refractivity contribution < 1.29 is 33.6 Å². The molecule has 12 heteroatoms. The molecule has 4 aromatic carbocycles. The number of allylic oxidation sites excluding steroid dienone is 2. The van der Waals surface area contributed by atoms with E-state index in [-0.39, 0.29) is 40.7 Å². The fraction of sp³-hybridized carbons (Fsp3) is 0.243. The van der Waals surface area contributed by atoms with Gasteiger partial charge in [-0.1, -0.05) is 65.7 Å². The Balaban J connectivity index is 1.29. The number of nitro groups is 1. The largest absolute Gasteiger partial charge is 0.507 e. The quantitative estimate of drug-likeness (QED) is 0.110. The summed E-state index contributed by atoms with van der Waals surface area (Å²) in [4.78, 5) is 70.1. The molecule has 246 valence electrons. The second-order valence-corrected chi connectivity index (χ2v) is 13.7. The highest BCUT2D eigenvalue weighted by molar-refractivity contribution is 6.32. The average molecular weight is 680 g/mol. The van der Waals surface area contributed by atoms with Crippen LogP contribution in [0.4, 0.5) is 21.5 Å². The molecule has 0 bridgehead atoms. The van der Waals surface area contributed by atoms with Crippen molar-refractivity contribution in [3.63, 3.8) is 0 Å². The molecule has 4 aliphatic rings. The molecule has 4 amide bonds. The van der Waals surface area contributed by atoms with Crippen molar-refractivity contribution in [3.8, 4) is 5.75 Å². The van der Waals surface area contributed by atoms with Crippen LogP contribution >= 0.6 is 11.6 Å². The molecule has 1 saturated carbocycles. The van der Waals surface area contributed by atoms with Crippen LogP contribution in [0.25, 0.3) is 10.8 Å². The van der Waals surface area contributed by atoms with E-state index in [9.17, 15) is 38.8 Å². The van der Waals surface area contributed by atoms with Crippen molar-refractivity contribution in [3.05, 3.63) is 117 Å².